The molecule has 0 aliphatic carbocycles. The van der Waals surface area contributed by atoms with Crippen molar-refractivity contribution in [3.63, 3.8) is 0 Å². The summed E-state index contributed by atoms with van der Waals surface area (Å²) < 4.78 is 65.0. The van der Waals surface area contributed by atoms with Crippen LogP contribution in [0.25, 0.3) is 0 Å². The molecule has 0 aliphatic rings. The van der Waals surface area contributed by atoms with Gasteiger partial charge in [0.05, 0.1) is 0 Å². The van der Waals surface area contributed by atoms with Gasteiger partial charge in [-0.15, -0.1) is 0 Å². The standard InChI is InChI=1S/C8H10.C3H2F6/c1-7-4-3-5-8(2)6-7;4-2(5,6)1-3(7,8)9/h3-6H,1-2H3;1H2. The number of hydrogen-bond donors (Lipinski definition) is 0. The average Bonchev–Trinajstić information content (AvgIpc) is 1.96. The van der Waals surface area contributed by atoms with Crippen LogP contribution in [-0.2, 0) is 0 Å². The number of aryl methyl sites for hydroxylation is 2. The van der Waals surface area contributed by atoms with E-state index in [1.54, 1.807) is 0 Å². The fourth-order valence-corrected chi connectivity index (χ4v) is 1.03. The SMILES string of the molecule is Cc1cccc(C)c1.FC(F)(F)CC(F)(F)F. The summed E-state index contributed by atoms with van der Waals surface area (Å²) in [5.74, 6) is 0. The molecule has 1 aromatic rings. The molecule has 0 bridgehead atoms. The molecule has 0 heterocycles. The fourth-order valence-electron chi connectivity index (χ4n) is 1.03. The molecule has 0 amide bonds. The number of hydrogen-bond acceptors (Lipinski definition) is 0. The monoisotopic (exact) mass is 258 g/mol. The van der Waals surface area contributed by atoms with Gasteiger partial charge in [0.15, 0.2) is 0 Å². The van der Waals surface area contributed by atoms with Crippen molar-refractivity contribution in [2.24, 2.45) is 0 Å². The molecule has 0 fully saturated rings. The molecule has 0 aromatic heterocycles. The van der Waals surface area contributed by atoms with Crippen LogP contribution >= 0.6 is 0 Å². The minimum Gasteiger partial charge on any atom is -0.171 e. The van der Waals surface area contributed by atoms with Gasteiger partial charge < -0.3 is 0 Å². The highest BCUT2D eigenvalue weighted by Crippen LogP contribution is 2.31. The molecule has 0 atom stereocenters. The molecule has 0 nitrogen and oxygen atoms in total. The average molecular weight is 258 g/mol. The van der Waals surface area contributed by atoms with Crippen LogP contribution in [0.3, 0.4) is 0 Å². The Balaban J connectivity index is 0.000000302. The van der Waals surface area contributed by atoms with Gasteiger partial charge in [-0.1, -0.05) is 35.4 Å². The third kappa shape index (κ3) is 11.1. The van der Waals surface area contributed by atoms with Gasteiger partial charge in [-0.3, -0.25) is 0 Å². The van der Waals surface area contributed by atoms with Gasteiger partial charge in [0.25, 0.3) is 0 Å². The maximum absolute atomic E-state index is 10.8. The van der Waals surface area contributed by atoms with Crippen LogP contribution in [0, 0.1) is 13.8 Å². The summed E-state index contributed by atoms with van der Waals surface area (Å²) in [6.07, 6.45) is -13.0. The second-order valence-corrected chi connectivity index (χ2v) is 3.57. The molecule has 1 aromatic carbocycles. The Hall–Kier alpha value is -1.20. The number of halogens is 6. The van der Waals surface area contributed by atoms with Crippen LogP contribution < -0.4 is 0 Å². The highest BCUT2D eigenvalue weighted by molar-refractivity contribution is 5.20. The van der Waals surface area contributed by atoms with Gasteiger partial charge >= 0.3 is 12.4 Å². The lowest BCUT2D eigenvalue weighted by Crippen LogP contribution is -2.20. The van der Waals surface area contributed by atoms with Gasteiger partial charge in [0.2, 0.25) is 0 Å². The quantitative estimate of drug-likeness (QED) is 0.586. The first-order valence-electron chi connectivity index (χ1n) is 4.66. The van der Waals surface area contributed by atoms with Crippen LogP contribution in [0.1, 0.15) is 17.5 Å². The molecule has 0 saturated heterocycles. The molecule has 0 saturated carbocycles. The molecular formula is C11H12F6. The fraction of sp³-hybridized carbons (Fsp3) is 0.455. The van der Waals surface area contributed by atoms with Crippen molar-refractivity contribution in [3.8, 4) is 0 Å². The van der Waals surface area contributed by atoms with Gasteiger partial charge in [0, 0.05) is 0 Å². The van der Waals surface area contributed by atoms with E-state index in [1.165, 1.54) is 11.1 Å². The summed E-state index contributed by atoms with van der Waals surface area (Å²) in [6, 6.07) is 8.45. The zero-order valence-electron chi connectivity index (χ0n) is 9.28. The lowest BCUT2D eigenvalue weighted by atomic mass is 10.2. The first-order chi connectivity index (χ1) is 7.49. The Morgan fingerprint density at radius 2 is 1.18 bits per heavy atom. The van der Waals surface area contributed by atoms with Crippen molar-refractivity contribution in [2.75, 3.05) is 0 Å². The summed E-state index contributed by atoms with van der Waals surface area (Å²) in [7, 11) is 0. The predicted molar refractivity (Wildman–Crippen MR) is 52.6 cm³/mol. The van der Waals surface area contributed by atoms with Crippen LogP contribution in [0.4, 0.5) is 26.3 Å². The third-order valence-electron chi connectivity index (χ3n) is 1.57. The minimum absolute atomic E-state index is 1.34. The Bertz CT molecular complexity index is 307. The third-order valence-corrected chi connectivity index (χ3v) is 1.57. The van der Waals surface area contributed by atoms with E-state index in [0.29, 0.717) is 0 Å². The number of alkyl halides is 6. The van der Waals surface area contributed by atoms with E-state index in [0.717, 1.165) is 0 Å². The van der Waals surface area contributed by atoms with Gasteiger partial charge in [-0.05, 0) is 13.8 Å². The molecular weight excluding hydrogens is 246 g/mol. The van der Waals surface area contributed by atoms with E-state index in [1.807, 2.05) is 0 Å². The normalized spacial score (nSPS) is 11.8. The van der Waals surface area contributed by atoms with E-state index >= 15 is 0 Å². The Morgan fingerprint density at radius 3 is 1.29 bits per heavy atom. The highest BCUT2D eigenvalue weighted by atomic mass is 19.4. The van der Waals surface area contributed by atoms with Crippen molar-refractivity contribution < 1.29 is 26.3 Å². The number of rotatable bonds is 0. The Morgan fingerprint density at radius 1 is 0.824 bits per heavy atom. The van der Waals surface area contributed by atoms with E-state index in [9.17, 15) is 26.3 Å². The van der Waals surface area contributed by atoms with Gasteiger partial charge in [-0.2, -0.15) is 26.3 Å². The Labute approximate surface area is 95.3 Å². The molecule has 0 unspecified atom stereocenters. The predicted octanol–water partition coefficient (Wildman–Crippen LogP) is 4.80. The van der Waals surface area contributed by atoms with Crippen molar-refractivity contribution in [2.45, 2.75) is 32.6 Å². The van der Waals surface area contributed by atoms with Crippen LogP contribution in [0.2, 0.25) is 0 Å². The minimum atomic E-state index is -5.14. The lowest BCUT2D eigenvalue weighted by molar-refractivity contribution is -0.232. The highest BCUT2D eigenvalue weighted by Gasteiger charge is 2.43. The van der Waals surface area contributed by atoms with Crippen molar-refractivity contribution in [3.05, 3.63) is 35.4 Å². The summed E-state index contributed by atoms with van der Waals surface area (Å²) in [6.45, 7) is 4.21. The van der Waals surface area contributed by atoms with Crippen LogP contribution in [0.15, 0.2) is 24.3 Å². The van der Waals surface area contributed by atoms with Gasteiger partial charge in [-0.25, -0.2) is 0 Å². The smallest absolute Gasteiger partial charge is 0.171 e. The van der Waals surface area contributed by atoms with Crippen molar-refractivity contribution in [1.82, 2.24) is 0 Å². The Kier molecular flexibility index (Phi) is 5.51. The lowest BCUT2D eigenvalue weighted by Gasteiger charge is -2.08. The van der Waals surface area contributed by atoms with Crippen molar-refractivity contribution in [1.29, 1.82) is 0 Å². The molecule has 1 rings (SSSR count). The molecule has 0 radical (unpaired) electrons. The molecule has 0 aliphatic heterocycles. The largest absolute Gasteiger partial charge is 0.397 e. The summed E-state index contributed by atoms with van der Waals surface area (Å²) >= 11 is 0. The first kappa shape index (κ1) is 15.8. The zero-order chi connectivity index (χ0) is 13.7. The maximum Gasteiger partial charge on any atom is 0.397 e. The summed E-state index contributed by atoms with van der Waals surface area (Å²) in [5.41, 5.74) is 2.68. The molecule has 0 spiro atoms. The van der Waals surface area contributed by atoms with Gasteiger partial charge in [0.1, 0.15) is 6.42 Å². The summed E-state index contributed by atoms with van der Waals surface area (Å²) in [4.78, 5) is 0. The second kappa shape index (κ2) is 5.93. The maximum atomic E-state index is 10.8. The van der Waals surface area contributed by atoms with E-state index in [-0.39, 0.29) is 0 Å². The molecule has 6 heteroatoms. The van der Waals surface area contributed by atoms with E-state index in [2.05, 4.69) is 38.1 Å². The zero-order valence-corrected chi connectivity index (χ0v) is 9.28. The number of benzene rings is 1. The van der Waals surface area contributed by atoms with Crippen LogP contribution in [0.5, 0.6) is 0 Å². The second-order valence-electron chi connectivity index (χ2n) is 3.57. The first-order valence-corrected chi connectivity index (χ1v) is 4.66. The topological polar surface area (TPSA) is 0 Å². The van der Waals surface area contributed by atoms with Crippen molar-refractivity contribution >= 4 is 0 Å². The molecule has 17 heavy (non-hydrogen) atoms. The molecule has 0 N–H and O–H groups in total. The van der Waals surface area contributed by atoms with Crippen LogP contribution in [-0.4, -0.2) is 12.4 Å². The molecule has 98 valence electrons. The van der Waals surface area contributed by atoms with E-state index < -0.39 is 18.8 Å². The van der Waals surface area contributed by atoms with E-state index in [4.69, 9.17) is 0 Å². The summed E-state index contributed by atoms with van der Waals surface area (Å²) in [5, 5.41) is 0.